The molecule has 0 aliphatic rings. The molecule has 0 radical (unpaired) electrons. The number of halogens is 2. The van der Waals surface area contributed by atoms with E-state index in [4.69, 9.17) is 16.3 Å². The van der Waals surface area contributed by atoms with Gasteiger partial charge in [0.15, 0.2) is 11.8 Å². The molecule has 0 saturated heterocycles. The molecule has 26 heavy (non-hydrogen) atoms. The molecule has 144 valence electrons. The van der Waals surface area contributed by atoms with Gasteiger partial charge in [0.25, 0.3) is 0 Å². The monoisotopic (exact) mass is 492 g/mol. The molecule has 0 unspecified atom stereocenters. The number of methoxy groups -OCH3 is 1. The van der Waals surface area contributed by atoms with E-state index in [1.54, 1.807) is 7.11 Å². The summed E-state index contributed by atoms with van der Waals surface area (Å²) >= 11 is 6.27. The van der Waals surface area contributed by atoms with E-state index < -0.39 is 0 Å². The first-order chi connectivity index (χ1) is 12.0. The SMILES string of the molecule is CCNC(=NCc1nnc(C)n1C)NCCc1ccc(OC)cc1Cl.I. The van der Waals surface area contributed by atoms with Crippen molar-refractivity contribution in [3.8, 4) is 5.75 Å². The van der Waals surface area contributed by atoms with Crippen LogP contribution in [-0.2, 0) is 20.0 Å². The molecular weight excluding hydrogens is 467 g/mol. The molecule has 2 aromatic rings. The molecule has 0 bridgehead atoms. The molecule has 1 aromatic heterocycles. The summed E-state index contributed by atoms with van der Waals surface area (Å²) in [4.78, 5) is 4.56. The average molecular weight is 493 g/mol. The van der Waals surface area contributed by atoms with Gasteiger partial charge in [-0.2, -0.15) is 0 Å². The smallest absolute Gasteiger partial charge is 0.191 e. The summed E-state index contributed by atoms with van der Waals surface area (Å²) in [6.45, 7) is 5.92. The van der Waals surface area contributed by atoms with E-state index in [0.29, 0.717) is 11.6 Å². The Bertz CT molecular complexity index is 734. The third kappa shape index (κ3) is 6.31. The van der Waals surface area contributed by atoms with E-state index in [9.17, 15) is 0 Å². The zero-order valence-electron chi connectivity index (χ0n) is 15.5. The Hall–Kier alpha value is -1.55. The molecule has 0 saturated carbocycles. The van der Waals surface area contributed by atoms with Crippen LogP contribution in [-0.4, -0.2) is 40.9 Å². The Morgan fingerprint density at radius 2 is 2.08 bits per heavy atom. The van der Waals surface area contributed by atoms with E-state index >= 15 is 0 Å². The number of nitrogens with zero attached hydrogens (tertiary/aromatic N) is 4. The van der Waals surface area contributed by atoms with Crippen LogP contribution in [0.5, 0.6) is 5.75 Å². The summed E-state index contributed by atoms with van der Waals surface area (Å²) in [5.41, 5.74) is 1.06. The third-order valence-electron chi connectivity index (χ3n) is 3.85. The maximum absolute atomic E-state index is 6.27. The van der Waals surface area contributed by atoms with Crippen LogP contribution in [0.2, 0.25) is 5.02 Å². The topological polar surface area (TPSA) is 76.4 Å². The molecule has 2 rings (SSSR count). The van der Waals surface area contributed by atoms with Crippen molar-refractivity contribution in [2.75, 3.05) is 20.2 Å². The molecule has 0 fully saturated rings. The molecule has 0 aliphatic heterocycles. The van der Waals surface area contributed by atoms with E-state index in [1.165, 1.54) is 0 Å². The number of ether oxygens (including phenoxy) is 1. The first-order valence-corrected chi connectivity index (χ1v) is 8.62. The van der Waals surface area contributed by atoms with Gasteiger partial charge in [-0.3, -0.25) is 0 Å². The van der Waals surface area contributed by atoms with Gasteiger partial charge in [0.2, 0.25) is 0 Å². The molecule has 0 atom stereocenters. The Kier molecular flexibility index (Phi) is 9.71. The molecule has 0 amide bonds. The van der Waals surface area contributed by atoms with Gasteiger partial charge >= 0.3 is 0 Å². The number of guanidine groups is 1. The normalized spacial score (nSPS) is 11.0. The Balaban J connectivity index is 0.00000338. The number of benzene rings is 1. The number of aliphatic imine (C=N–C) groups is 1. The molecule has 7 nitrogen and oxygen atoms in total. The zero-order valence-corrected chi connectivity index (χ0v) is 18.6. The molecule has 2 N–H and O–H groups in total. The minimum Gasteiger partial charge on any atom is -0.497 e. The van der Waals surface area contributed by atoms with Gasteiger partial charge < -0.3 is 19.9 Å². The lowest BCUT2D eigenvalue weighted by molar-refractivity contribution is 0.414. The number of aryl methyl sites for hydroxylation is 1. The molecule has 0 aliphatic carbocycles. The fourth-order valence-electron chi connectivity index (χ4n) is 2.25. The Labute approximate surface area is 176 Å². The van der Waals surface area contributed by atoms with Crippen molar-refractivity contribution >= 4 is 41.5 Å². The summed E-state index contributed by atoms with van der Waals surface area (Å²) in [5, 5.41) is 15.4. The summed E-state index contributed by atoms with van der Waals surface area (Å²) in [5.74, 6) is 3.20. The van der Waals surface area contributed by atoms with Crippen LogP contribution in [0.4, 0.5) is 0 Å². The first-order valence-electron chi connectivity index (χ1n) is 8.24. The summed E-state index contributed by atoms with van der Waals surface area (Å²) in [6, 6.07) is 5.72. The second kappa shape index (κ2) is 11.2. The van der Waals surface area contributed by atoms with Crippen LogP contribution >= 0.6 is 35.6 Å². The summed E-state index contributed by atoms with van der Waals surface area (Å²) in [6.07, 6.45) is 0.788. The van der Waals surface area contributed by atoms with Gasteiger partial charge in [0.05, 0.1) is 7.11 Å². The van der Waals surface area contributed by atoms with Gasteiger partial charge in [0.1, 0.15) is 18.1 Å². The van der Waals surface area contributed by atoms with Crippen molar-refractivity contribution in [2.45, 2.75) is 26.8 Å². The molecular formula is C17H26ClIN6O. The van der Waals surface area contributed by atoms with Crippen molar-refractivity contribution in [1.82, 2.24) is 25.4 Å². The molecule has 9 heteroatoms. The lowest BCUT2D eigenvalue weighted by Crippen LogP contribution is -2.38. The third-order valence-corrected chi connectivity index (χ3v) is 4.20. The highest BCUT2D eigenvalue weighted by Gasteiger charge is 2.06. The zero-order chi connectivity index (χ0) is 18.2. The number of rotatable bonds is 7. The summed E-state index contributed by atoms with van der Waals surface area (Å²) in [7, 11) is 3.57. The van der Waals surface area contributed by atoms with Crippen molar-refractivity contribution in [1.29, 1.82) is 0 Å². The highest BCUT2D eigenvalue weighted by atomic mass is 127. The Morgan fingerprint density at radius 1 is 1.31 bits per heavy atom. The largest absolute Gasteiger partial charge is 0.497 e. The number of hydrogen-bond acceptors (Lipinski definition) is 4. The van der Waals surface area contributed by atoms with E-state index in [0.717, 1.165) is 48.4 Å². The van der Waals surface area contributed by atoms with E-state index in [2.05, 4.69) is 25.8 Å². The predicted octanol–water partition coefficient (Wildman–Crippen LogP) is 2.70. The van der Waals surface area contributed by atoms with Crippen molar-refractivity contribution < 1.29 is 4.74 Å². The van der Waals surface area contributed by atoms with Crippen LogP contribution in [0.15, 0.2) is 23.2 Å². The van der Waals surface area contributed by atoms with E-state index in [-0.39, 0.29) is 24.0 Å². The first kappa shape index (κ1) is 22.5. The quantitative estimate of drug-likeness (QED) is 0.353. The number of hydrogen-bond donors (Lipinski definition) is 2. The number of aromatic nitrogens is 3. The fraction of sp³-hybridized carbons (Fsp3) is 0.471. The van der Waals surface area contributed by atoms with Gasteiger partial charge in [-0.25, -0.2) is 4.99 Å². The molecule has 1 heterocycles. The lowest BCUT2D eigenvalue weighted by atomic mass is 10.1. The standard InChI is InChI=1S/C17H25ClN6O.HI/c1-5-19-17(21-11-16-23-22-12(2)24(16)3)20-9-8-13-6-7-14(25-4)10-15(13)18;/h6-7,10H,5,8-9,11H2,1-4H3,(H2,19,20,21);1H. The van der Waals surface area contributed by atoms with Gasteiger partial charge in [0, 0.05) is 25.2 Å². The lowest BCUT2D eigenvalue weighted by Gasteiger charge is -2.12. The average Bonchev–Trinajstić information content (AvgIpc) is 2.92. The Morgan fingerprint density at radius 3 is 2.65 bits per heavy atom. The van der Waals surface area contributed by atoms with Crippen LogP contribution in [0.1, 0.15) is 24.1 Å². The maximum atomic E-state index is 6.27. The highest BCUT2D eigenvalue weighted by molar-refractivity contribution is 14.0. The van der Waals surface area contributed by atoms with Gasteiger partial charge in [-0.1, -0.05) is 17.7 Å². The molecule has 1 aromatic carbocycles. The van der Waals surface area contributed by atoms with Crippen molar-refractivity contribution in [2.24, 2.45) is 12.0 Å². The second-order valence-corrected chi connectivity index (χ2v) is 5.96. The fourth-order valence-corrected chi connectivity index (χ4v) is 2.52. The highest BCUT2D eigenvalue weighted by Crippen LogP contribution is 2.22. The second-order valence-electron chi connectivity index (χ2n) is 5.55. The van der Waals surface area contributed by atoms with Crippen LogP contribution in [0, 0.1) is 6.92 Å². The van der Waals surface area contributed by atoms with Crippen LogP contribution in [0.3, 0.4) is 0 Å². The summed E-state index contributed by atoms with van der Waals surface area (Å²) < 4.78 is 7.10. The van der Waals surface area contributed by atoms with Gasteiger partial charge in [-0.15, -0.1) is 34.2 Å². The molecule has 0 spiro atoms. The predicted molar refractivity (Wildman–Crippen MR) is 116 cm³/mol. The van der Waals surface area contributed by atoms with Crippen molar-refractivity contribution in [3.05, 3.63) is 40.4 Å². The minimum atomic E-state index is 0. The van der Waals surface area contributed by atoms with Gasteiger partial charge in [-0.05, 0) is 38.0 Å². The number of nitrogens with one attached hydrogen (secondary N) is 2. The van der Waals surface area contributed by atoms with E-state index in [1.807, 2.05) is 43.7 Å². The maximum Gasteiger partial charge on any atom is 0.191 e. The van der Waals surface area contributed by atoms with Crippen LogP contribution < -0.4 is 15.4 Å². The minimum absolute atomic E-state index is 0. The van der Waals surface area contributed by atoms with Crippen LogP contribution in [0.25, 0.3) is 0 Å². The van der Waals surface area contributed by atoms with Crippen molar-refractivity contribution in [3.63, 3.8) is 0 Å².